The van der Waals surface area contributed by atoms with E-state index in [1.54, 1.807) is 13.8 Å². The van der Waals surface area contributed by atoms with Gasteiger partial charge in [-0.05, 0) is 24.1 Å². The molecule has 0 radical (unpaired) electrons. The number of benzene rings is 1. The van der Waals surface area contributed by atoms with Crippen molar-refractivity contribution in [3.05, 3.63) is 29.6 Å². The van der Waals surface area contributed by atoms with E-state index in [0.29, 0.717) is 6.42 Å². The zero-order chi connectivity index (χ0) is 17.8. The van der Waals surface area contributed by atoms with Crippen LogP contribution in [0.4, 0.5) is 10.1 Å². The fourth-order valence-electron chi connectivity index (χ4n) is 1.85. The molecular weight excluding hydrogens is 327 g/mol. The van der Waals surface area contributed by atoms with E-state index < -0.39 is 33.8 Å². The molecule has 0 aliphatic heterocycles. The Morgan fingerprint density at radius 2 is 1.96 bits per heavy atom. The number of amides is 1. The second kappa shape index (κ2) is 7.40. The lowest BCUT2D eigenvalue weighted by Gasteiger charge is -2.20. The van der Waals surface area contributed by atoms with Gasteiger partial charge in [0, 0.05) is 5.56 Å². The molecule has 0 heterocycles. The molecule has 0 spiro atoms. The molecule has 0 fully saturated rings. The predicted molar refractivity (Wildman–Crippen MR) is 83.2 cm³/mol. The van der Waals surface area contributed by atoms with Crippen LogP contribution in [0.3, 0.4) is 0 Å². The van der Waals surface area contributed by atoms with E-state index in [1.807, 2.05) is 4.72 Å². The summed E-state index contributed by atoms with van der Waals surface area (Å²) in [5.41, 5.74) is -0.428. The highest BCUT2D eigenvalue weighted by molar-refractivity contribution is 7.92. The number of carboxylic acid groups (broad SMARTS) is 1. The molecule has 1 aromatic carbocycles. The third kappa shape index (κ3) is 5.51. The van der Waals surface area contributed by atoms with Crippen molar-refractivity contribution in [2.24, 2.45) is 5.92 Å². The van der Waals surface area contributed by atoms with Gasteiger partial charge in [-0.2, -0.15) is 0 Å². The van der Waals surface area contributed by atoms with Crippen LogP contribution < -0.4 is 10.0 Å². The molecule has 0 unspecified atom stereocenters. The topological polar surface area (TPSA) is 113 Å². The number of sulfonamides is 1. The minimum atomic E-state index is -3.71. The fourth-order valence-corrected chi connectivity index (χ4v) is 2.41. The molecule has 2 atom stereocenters. The summed E-state index contributed by atoms with van der Waals surface area (Å²) >= 11 is 0. The van der Waals surface area contributed by atoms with Gasteiger partial charge in [-0.3, -0.25) is 9.52 Å². The summed E-state index contributed by atoms with van der Waals surface area (Å²) in [6, 6.07) is 2.00. The molecule has 0 aliphatic carbocycles. The van der Waals surface area contributed by atoms with Gasteiger partial charge in [0.25, 0.3) is 5.91 Å². The van der Waals surface area contributed by atoms with Crippen molar-refractivity contribution in [2.75, 3.05) is 11.0 Å². The van der Waals surface area contributed by atoms with Crippen LogP contribution in [-0.4, -0.2) is 37.7 Å². The maximum Gasteiger partial charge on any atom is 0.326 e. The van der Waals surface area contributed by atoms with Crippen molar-refractivity contribution in [3.8, 4) is 0 Å². The average Bonchev–Trinajstić information content (AvgIpc) is 2.44. The molecule has 0 aromatic heterocycles. The number of nitrogens with one attached hydrogen (secondary N) is 2. The molecule has 0 saturated carbocycles. The minimum absolute atomic E-state index is 0.0490. The highest BCUT2D eigenvalue weighted by Gasteiger charge is 2.26. The zero-order valence-corrected chi connectivity index (χ0v) is 13.8. The number of hydrogen-bond acceptors (Lipinski definition) is 4. The van der Waals surface area contributed by atoms with E-state index in [4.69, 9.17) is 5.11 Å². The van der Waals surface area contributed by atoms with Crippen LogP contribution in [0.15, 0.2) is 18.2 Å². The third-order valence-corrected chi connectivity index (χ3v) is 3.88. The molecule has 9 heteroatoms. The van der Waals surface area contributed by atoms with Gasteiger partial charge < -0.3 is 10.4 Å². The van der Waals surface area contributed by atoms with Gasteiger partial charge in [-0.15, -0.1) is 0 Å². The Labute approximate surface area is 133 Å². The second-order valence-electron chi connectivity index (χ2n) is 5.24. The van der Waals surface area contributed by atoms with Gasteiger partial charge in [0.15, 0.2) is 0 Å². The number of carbonyl (C=O) groups is 2. The maximum absolute atomic E-state index is 13.6. The Morgan fingerprint density at radius 3 is 2.43 bits per heavy atom. The van der Waals surface area contributed by atoms with Crippen molar-refractivity contribution in [1.82, 2.24) is 5.32 Å². The molecule has 1 rings (SSSR count). The summed E-state index contributed by atoms with van der Waals surface area (Å²) in [4.78, 5) is 23.3. The highest BCUT2D eigenvalue weighted by Crippen LogP contribution is 2.18. The molecule has 0 saturated heterocycles. The SMILES string of the molecule is CC[C@H](C)[C@H](NC(=O)c1ccc(F)c(NS(C)(=O)=O)c1)C(=O)O. The summed E-state index contributed by atoms with van der Waals surface area (Å²) in [7, 11) is -3.71. The van der Waals surface area contributed by atoms with Crippen LogP contribution >= 0.6 is 0 Å². The number of rotatable bonds is 7. The smallest absolute Gasteiger partial charge is 0.326 e. The Bertz CT molecular complexity index is 705. The molecular formula is C14H19FN2O5S. The van der Waals surface area contributed by atoms with Crippen molar-refractivity contribution >= 4 is 27.6 Å². The first kappa shape index (κ1) is 18.9. The van der Waals surface area contributed by atoms with E-state index in [2.05, 4.69) is 5.32 Å². The van der Waals surface area contributed by atoms with Crippen LogP contribution in [0.1, 0.15) is 30.6 Å². The van der Waals surface area contributed by atoms with Crippen LogP contribution in [0.25, 0.3) is 0 Å². The van der Waals surface area contributed by atoms with Crippen molar-refractivity contribution in [3.63, 3.8) is 0 Å². The molecule has 1 aromatic rings. The fraction of sp³-hybridized carbons (Fsp3) is 0.429. The van der Waals surface area contributed by atoms with Crippen LogP contribution in [0.5, 0.6) is 0 Å². The summed E-state index contributed by atoms with van der Waals surface area (Å²) in [6.07, 6.45) is 1.39. The number of hydrogen-bond donors (Lipinski definition) is 3. The summed E-state index contributed by atoms with van der Waals surface area (Å²) in [5.74, 6) is -3.05. The second-order valence-corrected chi connectivity index (χ2v) is 6.99. The summed E-state index contributed by atoms with van der Waals surface area (Å²) in [6.45, 7) is 3.47. The van der Waals surface area contributed by atoms with Crippen LogP contribution in [0, 0.1) is 11.7 Å². The zero-order valence-electron chi connectivity index (χ0n) is 13.0. The van der Waals surface area contributed by atoms with Crippen molar-refractivity contribution < 1.29 is 27.5 Å². The first-order valence-corrected chi connectivity index (χ1v) is 8.75. The minimum Gasteiger partial charge on any atom is -0.480 e. The van der Waals surface area contributed by atoms with Crippen molar-refractivity contribution in [1.29, 1.82) is 0 Å². The lowest BCUT2D eigenvalue weighted by molar-refractivity contribution is -0.140. The van der Waals surface area contributed by atoms with E-state index in [9.17, 15) is 22.4 Å². The van der Waals surface area contributed by atoms with E-state index >= 15 is 0 Å². The van der Waals surface area contributed by atoms with Gasteiger partial charge in [0.05, 0.1) is 11.9 Å². The van der Waals surface area contributed by atoms with Gasteiger partial charge in [0.2, 0.25) is 10.0 Å². The number of anilines is 1. The van der Waals surface area contributed by atoms with Gasteiger partial charge in [-0.25, -0.2) is 17.6 Å². The Hall–Kier alpha value is -2.16. The predicted octanol–water partition coefficient (Wildman–Crippen LogP) is 1.43. The average molecular weight is 346 g/mol. The van der Waals surface area contributed by atoms with Gasteiger partial charge in [0.1, 0.15) is 11.9 Å². The monoisotopic (exact) mass is 346 g/mol. The van der Waals surface area contributed by atoms with E-state index in [0.717, 1.165) is 24.5 Å². The Balaban J connectivity index is 3.04. The largest absolute Gasteiger partial charge is 0.480 e. The lowest BCUT2D eigenvalue weighted by Crippen LogP contribution is -2.45. The molecule has 3 N–H and O–H groups in total. The summed E-state index contributed by atoms with van der Waals surface area (Å²) in [5, 5.41) is 11.5. The molecule has 1 amide bonds. The number of aliphatic carboxylic acids is 1. The quantitative estimate of drug-likeness (QED) is 0.691. The Morgan fingerprint density at radius 1 is 1.35 bits per heavy atom. The number of carboxylic acids is 1. The molecule has 7 nitrogen and oxygen atoms in total. The molecule has 23 heavy (non-hydrogen) atoms. The van der Waals surface area contributed by atoms with E-state index in [-0.39, 0.29) is 17.2 Å². The number of carbonyl (C=O) groups excluding carboxylic acids is 1. The Kier molecular flexibility index (Phi) is 6.08. The van der Waals surface area contributed by atoms with Crippen molar-refractivity contribution in [2.45, 2.75) is 26.3 Å². The third-order valence-electron chi connectivity index (χ3n) is 3.29. The van der Waals surface area contributed by atoms with Crippen LogP contribution in [-0.2, 0) is 14.8 Å². The molecule has 0 aliphatic rings. The molecule has 128 valence electrons. The summed E-state index contributed by atoms with van der Waals surface area (Å²) < 4.78 is 37.9. The van der Waals surface area contributed by atoms with Gasteiger partial charge >= 0.3 is 5.97 Å². The lowest BCUT2D eigenvalue weighted by atomic mass is 9.99. The maximum atomic E-state index is 13.6. The first-order valence-electron chi connectivity index (χ1n) is 6.86. The van der Waals surface area contributed by atoms with E-state index in [1.165, 1.54) is 0 Å². The standard InChI is InChI=1S/C14H19FN2O5S/c1-4-8(2)12(14(19)20)16-13(18)9-5-6-10(15)11(7-9)17-23(3,21)22/h5-8,12,17H,4H2,1-3H3,(H,16,18)(H,19,20)/t8-,12-/m0/s1. The van der Waals surface area contributed by atoms with Gasteiger partial charge in [-0.1, -0.05) is 20.3 Å². The normalized spacial score (nSPS) is 13.9. The molecule has 0 bridgehead atoms. The first-order chi connectivity index (χ1) is 10.5. The number of halogens is 1. The van der Waals surface area contributed by atoms with Crippen LogP contribution in [0.2, 0.25) is 0 Å². The highest BCUT2D eigenvalue weighted by atomic mass is 32.2.